The summed E-state index contributed by atoms with van der Waals surface area (Å²) in [6.45, 7) is 5.80. The highest BCUT2D eigenvalue weighted by Gasteiger charge is 2.21. The number of ether oxygens (including phenoxy) is 1. The van der Waals surface area contributed by atoms with Crippen molar-refractivity contribution in [2.24, 2.45) is 0 Å². The fourth-order valence-corrected chi connectivity index (χ4v) is 2.04. The molecule has 1 aromatic rings. The normalized spacial score (nSPS) is 11.5. The maximum absolute atomic E-state index is 11.6. The summed E-state index contributed by atoms with van der Waals surface area (Å²) >= 11 is 0. The smallest absolute Gasteiger partial charge is 0.302 e. The lowest BCUT2D eigenvalue weighted by Crippen LogP contribution is -2.35. The van der Waals surface area contributed by atoms with Crippen LogP contribution >= 0.6 is 0 Å². The van der Waals surface area contributed by atoms with E-state index in [1.54, 1.807) is 0 Å². The Labute approximate surface area is 140 Å². The van der Waals surface area contributed by atoms with Gasteiger partial charge in [0.2, 0.25) is 17.8 Å². The van der Waals surface area contributed by atoms with E-state index < -0.39 is 17.8 Å². The molecule has 0 saturated heterocycles. The van der Waals surface area contributed by atoms with Crippen molar-refractivity contribution < 1.29 is 24.2 Å². The van der Waals surface area contributed by atoms with Gasteiger partial charge in [0.05, 0.1) is 12.2 Å². The second kappa shape index (κ2) is 8.80. The van der Waals surface area contributed by atoms with Crippen molar-refractivity contribution in [3.05, 3.63) is 6.20 Å². The van der Waals surface area contributed by atoms with Crippen LogP contribution < -0.4 is 10.2 Å². The molecule has 2 amide bonds. The molecule has 2 N–H and O–H groups in total. The van der Waals surface area contributed by atoms with Gasteiger partial charge >= 0.3 is 5.97 Å². The SMILES string of the molecule is CCCC(COC(C)=O)Nc1nc(N(C(C)=O)C(C)=O)ncc1O. The highest BCUT2D eigenvalue weighted by Crippen LogP contribution is 2.24. The molecule has 0 bridgehead atoms. The minimum Gasteiger partial charge on any atom is -0.503 e. The molecule has 1 atom stereocenters. The number of amides is 2. The molecule has 132 valence electrons. The monoisotopic (exact) mass is 338 g/mol. The second-order valence-electron chi connectivity index (χ2n) is 5.21. The van der Waals surface area contributed by atoms with Crippen LogP contribution in [0.5, 0.6) is 5.75 Å². The van der Waals surface area contributed by atoms with Crippen molar-refractivity contribution in [3.63, 3.8) is 0 Å². The molecule has 0 aromatic carbocycles. The van der Waals surface area contributed by atoms with Crippen molar-refractivity contribution in [3.8, 4) is 5.75 Å². The third-order valence-electron chi connectivity index (χ3n) is 3.05. The molecule has 1 heterocycles. The predicted octanol–water partition coefficient (Wildman–Crippen LogP) is 1.23. The molecule has 0 aliphatic rings. The lowest BCUT2D eigenvalue weighted by molar-refractivity contribution is -0.141. The number of aromatic nitrogens is 2. The number of esters is 1. The molecule has 0 aliphatic carbocycles. The molecule has 0 radical (unpaired) electrons. The third-order valence-corrected chi connectivity index (χ3v) is 3.05. The standard InChI is InChI=1S/C15H22N4O5/c1-5-6-12(8-24-11(4)22)17-14-13(23)7-16-15(18-14)19(9(2)20)10(3)21/h7,12,23H,5-6,8H2,1-4H3,(H,16,17,18). The van der Waals surface area contributed by atoms with E-state index in [9.17, 15) is 19.5 Å². The molecule has 24 heavy (non-hydrogen) atoms. The Morgan fingerprint density at radius 2 is 1.92 bits per heavy atom. The number of aromatic hydroxyl groups is 1. The molecule has 1 rings (SSSR count). The number of nitrogens with zero attached hydrogens (tertiary/aromatic N) is 3. The first-order valence-electron chi connectivity index (χ1n) is 7.53. The number of imide groups is 1. The Balaban J connectivity index is 3.04. The van der Waals surface area contributed by atoms with E-state index in [0.29, 0.717) is 6.42 Å². The Hall–Kier alpha value is -2.71. The minimum atomic E-state index is -0.538. The summed E-state index contributed by atoms with van der Waals surface area (Å²) in [6, 6.07) is -0.282. The number of anilines is 2. The summed E-state index contributed by atoms with van der Waals surface area (Å²) in [5.74, 6) is -1.82. The van der Waals surface area contributed by atoms with Crippen molar-refractivity contribution in [1.29, 1.82) is 0 Å². The number of carbonyl (C=O) groups is 3. The highest BCUT2D eigenvalue weighted by atomic mass is 16.5. The van der Waals surface area contributed by atoms with Gasteiger partial charge in [-0.2, -0.15) is 4.98 Å². The minimum absolute atomic E-state index is 0.0538. The first-order valence-corrected chi connectivity index (χ1v) is 7.53. The lowest BCUT2D eigenvalue weighted by atomic mass is 10.2. The van der Waals surface area contributed by atoms with Gasteiger partial charge in [-0.3, -0.25) is 14.4 Å². The molecule has 0 aliphatic heterocycles. The van der Waals surface area contributed by atoms with E-state index in [0.717, 1.165) is 17.5 Å². The van der Waals surface area contributed by atoms with Gasteiger partial charge in [-0.25, -0.2) is 9.88 Å². The summed E-state index contributed by atoms with van der Waals surface area (Å²) in [7, 11) is 0. The summed E-state index contributed by atoms with van der Waals surface area (Å²) in [5.41, 5.74) is 0. The molecule has 9 heteroatoms. The fourth-order valence-electron chi connectivity index (χ4n) is 2.04. The van der Waals surface area contributed by atoms with E-state index in [1.165, 1.54) is 20.8 Å². The number of rotatable bonds is 7. The van der Waals surface area contributed by atoms with Crippen LogP contribution in [0.2, 0.25) is 0 Å². The maximum Gasteiger partial charge on any atom is 0.302 e. The largest absolute Gasteiger partial charge is 0.503 e. The average Bonchev–Trinajstić information content (AvgIpc) is 2.47. The van der Waals surface area contributed by atoms with Gasteiger partial charge in [0.25, 0.3) is 0 Å². The third kappa shape index (κ3) is 5.49. The van der Waals surface area contributed by atoms with Crippen molar-refractivity contribution in [2.75, 3.05) is 16.8 Å². The van der Waals surface area contributed by atoms with Gasteiger partial charge in [-0.1, -0.05) is 13.3 Å². The quantitative estimate of drug-likeness (QED) is 0.712. The van der Waals surface area contributed by atoms with Crippen LogP contribution in [-0.4, -0.2) is 45.5 Å². The molecule has 1 aromatic heterocycles. The number of nitrogens with one attached hydrogen (secondary N) is 1. The number of hydrogen-bond donors (Lipinski definition) is 2. The van der Waals surface area contributed by atoms with Crippen LogP contribution in [0.1, 0.15) is 40.5 Å². The highest BCUT2D eigenvalue weighted by molar-refractivity contribution is 6.11. The van der Waals surface area contributed by atoms with Crippen LogP contribution in [0, 0.1) is 0 Å². The fraction of sp³-hybridized carbons (Fsp3) is 0.533. The van der Waals surface area contributed by atoms with Crippen LogP contribution in [0.3, 0.4) is 0 Å². The molecule has 0 saturated carbocycles. The lowest BCUT2D eigenvalue weighted by Gasteiger charge is -2.20. The first kappa shape index (κ1) is 19.3. The van der Waals surface area contributed by atoms with Gasteiger partial charge in [-0.05, 0) is 6.42 Å². The zero-order chi connectivity index (χ0) is 18.3. The van der Waals surface area contributed by atoms with Crippen molar-refractivity contribution >= 4 is 29.5 Å². The van der Waals surface area contributed by atoms with Crippen molar-refractivity contribution in [2.45, 2.75) is 46.6 Å². The van der Waals surface area contributed by atoms with Gasteiger partial charge in [0, 0.05) is 20.8 Å². The van der Waals surface area contributed by atoms with Gasteiger partial charge in [0.15, 0.2) is 11.6 Å². The predicted molar refractivity (Wildman–Crippen MR) is 86.5 cm³/mol. The Morgan fingerprint density at radius 3 is 2.42 bits per heavy atom. The van der Waals surface area contributed by atoms with Gasteiger partial charge in [-0.15, -0.1) is 0 Å². The zero-order valence-electron chi connectivity index (χ0n) is 14.2. The molecule has 9 nitrogen and oxygen atoms in total. The summed E-state index contributed by atoms with van der Waals surface area (Å²) < 4.78 is 4.98. The molecule has 0 spiro atoms. The Bertz CT molecular complexity index is 606. The van der Waals surface area contributed by atoms with E-state index in [1.807, 2.05) is 6.92 Å². The van der Waals surface area contributed by atoms with Gasteiger partial charge < -0.3 is 15.2 Å². The van der Waals surface area contributed by atoms with Crippen LogP contribution in [-0.2, 0) is 19.1 Å². The number of carbonyl (C=O) groups excluding carboxylic acids is 3. The Kier molecular flexibility index (Phi) is 7.09. The Morgan fingerprint density at radius 1 is 1.29 bits per heavy atom. The molecular weight excluding hydrogens is 316 g/mol. The number of hydrogen-bond acceptors (Lipinski definition) is 8. The van der Waals surface area contributed by atoms with E-state index in [4.69, 9.17) is 4.74 Å². The average molecular weight is 338 g/mol. The van der Waals surface area contributed by atoms with Crippen molar-refractivity contribution in [1.82, 2.24) is 9.97 Å². The van der Waals surface area contributed by atoms with Crippen LogP contribution in [0.4, 0.5) is 11.8 Å². The first-order chi connectivity index (χ1) is 11.3. The van der Waals surface area contributed by atoms with E-state index in [-0.39, 0.29) is 30.2 Å². The van der Waals surface area contributed by atoms with Crippen LogP contribution in [0.15, 0.2) is 6.20 Å². The summed E-state index contributed by atoms with van der Waals surface area (Å²) in [5, 5.41) is 12.9. The summed E-state index contributed by atoms with van der Waals surface area (Å²) in [4.78, 5) is 42.7. The molecule has 1 unspecified atom stereocenters. The maximum atomic E-state index is 11.6. The van der Waals surface area contributed by atoms with E-state index >= 15 is 0 Å². The van der Waals surface area contributed by atoms with E-state index in [2.05, 4.69) is 15.3 Å². The van der Waals surface area contributed by atoms with Crippen LogP contribution in [0.25, 0.3) is 0 Å². The topological polar surface area (TPSA) is 122 Å². The van der Waals surface area contributed by atoms with Gasteiger partial charge in [0.1, 0.15) is 6.61 Å². The molecular formula is C15H22N4O5. The summed E-state index contributed by atoms with van der Waals surface area (Å²) in [6.07, 6.45) is 2.57. The second-order valence-corrected chi connectivity index (χ2v) is 5.21. The molecule has 0 fully saturated rings. The zero-order valence-corrected chi connectivity index (χ0v) is 14.2.